The summed E-state index contributed by atoms with van der Waals surface area (Å²) in [5.74, 6) is 0.189. The van der Waals surface area contributed by atoms with Gasteiger partial charge in [-0.1, -0.05) is 37.1 Å². The molecule has 0 saturated heterocycles. The molecule has 0 radical (unpaired) electrons. The number of hydrogen-bond donors (Lipinski definition) is 1. The van der Waals surface area contributed by atoms with Crippen LogP contribution in [0.1, 0.15) is 54.4 Å². The lowest BCUT2D eigenvalue weighted by Crippen LogP contribution is -2.44. The number of hydrogen-bond acceptors (Lipinski definition) is 7. The lowest BCUT2D eigenvalue weighted by atomic mass is 10.0. The number of aromatic nitrogens is 1. The molecule has 0 fully saturated rings. The Balaban J connectivity index is 1.59. The van der Waals surface area contributed by atoms with Gasteiger partial charge in [-0.25, -0.2) is 0 Å². The molecule has 3 aliphatic rings. The lowest BCUT2D eigenvalue weighted by molar-refractivity contribution is 0.0369. The maximum absolute atomic E-state index is 13.4. The Morgan fingerprint density at radius 1 is 1.27 bits per heavy atom. The number of pyridine rings is 1. The first-order valence-corrected chi connectivity index (χ1v) is 13.7. The Morgan fingerprint density at radius 2 is 2.14 bits per heavy atom. The molecule has 0 aliphatic carbocycles. The Kier molecular flexibility index (Phi) is 6.84. The van der Waals surface area contributed by atoms with Crippen LogP contribution in [0.15, 0.2) is 87.8 Å². The van der Waals surface area contributed by atoms with Crippen molar-refractivity contribution >= 4 is 21.9 Å². The molecule has 1 amide bonds. The van der Waals surface area contributed by atoms with Gasteiger partial charge in [0.1, 0.15) is 0 Å². The van der Waals surface area contributed by atoms with Crippen molar-refractivity contribution in [2.75, 3.05) is 13.1 Å². The van der Waals surface area contributed by atoms with E-state index in [1.54, 1.807) is 34.3 Å². The van der Waals surface area contributed by atoms with Crippen molar-refractivity contribution in [1.82, 2.24) is 20.1 Å². The molecule has 1 unspecified atom stereocenters. The van der Waals surface area contributed by atoms with Crippen LogP contribution in [0.4, 0.5) is 0 Å². The fourth-order valence-corrected chi connectivity index (χ4v) is 5.55. The zero-order valence-corrected chi connectivity index (χ0v) is 21.6. The van der Waals surface area contributed by atoms with Crippen LogP contribution in [-0.4, -0.2) is 48.2 Å². The minimum Gasteiger partial charge on any atom is -0.467 e. The highest BCUT2D eigenvalue weighted by Gasteiger charge is 2.33. The largest absolute Gasteiger partial charge is 0.467 e. The zero-order valence-electron chi connectivity index (χ0n) is 20.8. The van der Waals surface area contributed by atoms with Gasteiger partial charge in [-0.05, 0) is 55.3 Å². The maximum Gasteiger partial charge on any atom is 0.285 e. The molecule has 6 bridgehead atoms. The number of nitrogens with zero attached hydrogens (tertiary/aromatic N) is 4. The first-order valence-electron chi connectivity index (χ1n) is 12.3. The second-order valence-corrected chi connectivity index (χ2v) is 10.8. The molecule has 3 aliphatic heterocycles. The highest BCUT2D eigenvalue weighted by molar-refractivity contribution is 7.90. The monoisotopic (exact) mass is 519 g/mol. The summed E-state index contributed by atoms with van der Waals surface area (Å²) in [6.07, 6.45) is 10.7. The molecule has 37 heavy (non-hydrogen) atoms. The highest BCUT2D eigenvalue weighted by Crippen LogP contribution is 2.31. The predicted molar refractivity (Wildman–Crippen MR) is 140 cm³/mol. The van der Waals surface area contributed by atoms with E-state index in [2.05, 4.69) is 28.5 Å². The van der Waals surface area contributed by atoms with E-state index >= 15 is 0 Å². The number of amides is 1. The van der Waals surface area contributed by atoms with E-state index in [-0.39, 0.29) is 28.9 Å². The third-order valence-corrected chi connectivity index (χ3v) is 7.65. The third-order valence-electron chi connectivity index (χ3n) is 6.39. The van der Waals surface area contributed by atoms with E-state index in [4.69, 9.17) is 4.74 Å². The van der Waals surface area contributed by atoms with Gasteiger partial charge in [0.25, 0.3) is 15.9 Å². The summed E-state index contributed by atoms with van der Waals surface area (Å²) >= 11 is 0. The van der Waals surface area contributed by atoms with Gasteiger partial charge >= 0.3 is 0 Å². The topological polar surface area (TPSA) is 104 Å². The van der Waals surface area contributed by atoms with Gasteiger partial charge in [-0.15, -0.1) is 4.40 Å². The van der Waals surface area contributed by atoms with Crippen LogP contribution < -0.4 is 5.32 Å². The molecule has 10 heteroatoms. The molecule has 1 atom stereocenters. The van der Waals surface area contributed by atoms with Gasteiger partial charge in [0.2, 0.25) is 5.96 Å². The van der Waals surface area contributed by atoms with E-state index in [9.17, 15) is 13.2 Å². The molecule has 1 aromatic carbocycles. The summed E-state index contributed by atoms with van der Waals surface area (Å²) in [6.45, 7) is 5.16. The molecular weight excluding hydrogens is 490 g/mol. The Bertz CT molecular complexity index is 1440. The molecular formula is C27H29N5O4S. The van der Waals surface area contributed by atoms with Crippen LogP contribution in [0.3, 0.4) is 0 Å². The number of allylic oxidation sites excluding steroid dienone is 3. The summed E-state index contributed by atoms with van der Waals surface area (Å²) in [4.78, 5) is 21.2. The summed E-state index contributed by atoms with van der Waals surface area (Å²) in [5.41, 5.74) is 3.13. The molecule has 0 saturated carbocycles. The number of carbonyl (C=O) groups is 1. The van der Waals surface area contributed by atoms with Crippen molar-refractivity contribution in [2.45, 2.75) is 44.2 Å². The van der Waals surface area contributed by atoms with E-state index in [1.165, 1.54) is 17.7 Å². The number of guanidine groups is 1. The SMILES string of the molecule is CCC/C(C)=C\C=C/N1CC=C2N/C1=N\S(=O)(=O)c1cccc(c1)C(=O)N1Cc3cccnc3C(C1)O2. The summed E-state index contributed by atoms with van der Waals surface area (Å²) in [7, 11) is -4.13. The van der Waals surface area contributed by atoms with Crippen molar-refractivity contribution in [1.29, 1.82) is 0 Å². The quantitative estimate of drug-likeness (QED) is 0.612. The first-order chi connectivity index (χ1) is 17.8. The number of nitrogens with one attached hydrogen (secondary N) is 1. The summed E-state index contributed by atoms with van der Waals surface area (Å²) in [5, 5.41) is 3.05. The molecule has 1 N–H and O–H groups in total. The summed E-state index contributed by atoms with van der Waals surface area (Å²) < 4.78 is 37.0. The average molecular weight is 520 g/mol. The highest BCUT2D eigenvalue weighted by atomic mass is 32.2. The van der Waals surface area contributed by atoms with Crippen LogP contribution in [0.5, 0.6) is 0 Å². The standard InChI is InChI=1S/C27H29N5O4S/c1-3-7-19(2)8-6-14-31-15-12-24-29-27(31)30-37(34,35)22-11-4-9-20(16-22)26(33)32-17-21-10-5-13-28-25(21)23(18-32)36-24/h4-6,8-14,16,23H,3,7,15,17-18H2,1-2H3,(H,29,30)/b14-6-,19-8-. The van der Waals surface area contributed by atoms with Crippen LogP contribution >= 0.6 is 0 Å². The smallest absolute Gasteiger partial charge is 0.285 e. The van der Waals surface area contributed by atoms with E-state index in [0.717, 1.165) is 24.1 Å². The second kappa shape index (κ2) is 10.2. The lowest BCUT2D eigenvalue weighted by Gasteiger charge is -2.35. The number of ether oxygens (including phenoxy) is 1. The Morgan fingerprint density at radius 3 is 2.97 bits per heavy atom. The van der Waals surface area contributed by atoms with Crippen molar-refractivity contribution < 1.29 is 17.9 Å². The molecule has 1 aromatic heterocycles. The molecule has 9 nitrogen and oxygen atoms in total. The van der Waals surface area contributed by atoms with Gasteiger partial charge in [-0.3, -0.25) is 15.1 Å². The molecule has 192 valence electrons. The molecule has 5 rings (SSSR count). The van der Waals surface area contributed by atoms with Gasteiger partial charge in [-0.2, -0.15) is 8.42 Å². The van der Waals surface area contributed by atoms with Crippen molar-refractivity contribution in [3.05, 3.63) is 95.3 Å². The van der Waals surface area contributed by atoms with Crippen LogP contribution in [0, 0.1) is 0 Å². The van der Waals surface area contributed by atoms with Crippen LogP contribution in [0.2, 0.25) is 0 Å². The van der Waals surface area contributed by atoms with Crippen molar-refractivity contribution in [3.63, 3.8) is 0 Å². The average Bonchev–Trinajstić information content (AvgIpc) is 2.89. The number of sulfonamides is 1. The number of fused-ring (bicyclic) bond motifs is 8. The minimum atomic E-state index is -4.13. The maximum atomic E-state index is 13.4. The number of rotatable bonds is 4. The van der Waals surface area contributed by atoms with Crippen molar-refractivity contribution in [3.8, 4) is 0 Å². The number of carbonyl (C=O) groups excluding carboxylic acids is 1. The predicted octanol–water partition coefficient (Wildman–Crippen LogP) is 3.86. The van der Waals surface area contributed by atoms with E-state index < -0.39 is 16.1 Å². The third kappa shape index (κ3) is 5.29. The summed E-state index contributed by atoms with van der Waals surface area (Å²) in [6, 6.07) is 9.75. The van der Waals surface area contributed by atoms with Gasteiger partial charge in [0.05, 0.1) is 17.1 Å². The van der Waals surface area contributed by atoms with Gasteiger partial charge in [0.15, 0.2) is 12.0 Å². The molecule has 2 aromatic rings. The van der Waals surface area contributed by atoms with E-state index in [0.29, 0.717) is 19.0 Å². The van der Waals surface area contributed by atoms with Crippen LogP contribution in [0.25, 0.3) is 0 Å². The fraction of sp³-hybridized carbons (Fsp3) is 0.296. The van der Waals surface area contributed by atoms with Crippen LogP contribution in [-0.2, 0) is 21.3 Å². The molecule has 4 heterocycles. The first kappa shape index (κ1) is 24.8. The Hall–Kier alpha value is -3.92. The Labute approximate surface area is 216 Å². The fourth-order valence-electron chi connectivity index (χ4n) is 4.54. The van der Waals surface area contributed by atoms with Gasteiger partial charge in [0, 0.05) is 31.0 Å². The second-order valence-electron chi connectivity index (χ2n) is 9.21. The van der Waals surface area contributed by atoms with E-state index in [1.807, 2.05) is 30.4 Å². The minimum absolute atomic E-state index is 0.0536. The molecule has 0 spiro atoms. The van der Waals surface area contributed by atoms with Gasteiger partial charge < -0.3 is 14.5 Å². The zero-order chi connectivity index (χ0) is 26.0. The normalized spacial score (nSPS) is 22.4. The van der Waals surface area contributed by atoms with Crippen molar-refractivity contribution in [2.24, 2.45) is 4.40 Å². The number of benzene rings is 1.